The van der Waals surface area contributed by atoms with E-state index in [0.717, 1.165) is 70.6 Å². The normalized spacial score (nSPS) is 14.4. The lowest BCUT2D eigenvalue weighted by atomic mass is 10.0. The zero-order valence-electron chi connectivity index (χ0n) is 44.6. The average molecular weight is 962 g/mol. The number of hydrogen-bond acceptors (Lipinski definition) is 5. The molecule has 0 fully saturated rings. The number of allylic oxidation sites excluding steroid dienone is 10. The van der Waals surface area contributed by atoms with Crippen molar-refractivity contribution in [2.75, 3.05) is 40.9 Å². The second-order valence-corrected chi connectivity index (χ2v) is 21.7. The highest BCUT2D eigenvalue weighted by Gasteiger charge is 2.28. The number of carbonyl (C=O) groups is 1. The van der Waals surface area contributed by atoms with Crippen molar-refractivity contribution in [2.45, 2.75) is 264 Å². The van der Waals surface area contributed by atoms with Gasteiger partial charge in [-0.2, -0.15) is 0 Å². The zero-order valence-corrected chi connectivity index (χ0v) is 45.5. The number of hydrogen-bond donors (Lipinski definition) is 3. The Morgan fingerprint density at radius 3 is 1.31 bits per heavy atom. The number of aliphatic hydroxyl groups excluding tert-OH is 1. The van der Waals surface area contributed by atoms with Crippen LogP contribution in [0.15, 0.2) is 60.8 Å². The second kappa shape index (κ2) is 49.2. The Kier molecular flexibility index (Phi) is 47.9. The Bertz CT molecular complexity index is 1270. The first kappa shape index (κ1) is 65.2. The third kappa shape index (κ3) is 51.9. The van der Waals surface area contributed by atoms with Crippen molar-refractivity contribution in [3.05, 3.63) is 60.8 Å². The standard InChI is InChI=1S/C58H109N2O6P/c1-6-8-10-12-14-16-17-18-19-20-21-22-23-24-25-26-27-28-29-30-31-32-33-34-35-36-37-38-39-40-41-42-43-44-46-48-50-52-58(62)59-56(55-66-67(63,64)65-54-53-60(3,4)5)57(61)51-49-47-45-15-13-11-9-7-2/h8,10,14,16,18-19,21-22,24-25,56-57,61H,6-7,9,11-13,15,17,20,23,26-55H2,1-5H3,(H-,59,62,63,64)/p+1/b10-8-,16-14-,19-18-,22-21-,25-24-. The molecule has 0 aliphatic heterocycles. The molecule has 9 heteroatoms. The van der Waals surface area contributed by atoms with Gasteiger partial charge in [-0.15, -0.1) is 0 Å². The maximum atomic E-state index is 12.9. The number of amides is 1. The van der Waals surface area contributed by atoms with E-state index in [4.69, 9.17) is 9.05 Å². The van der Waals surface area contributed by atoms with E-state index in [0.29, 0.717) is 23.9 Å². The van der Waals surface area contributed by atoms with Crippen LogP contribution < -0.4 is 5.32 Å². The van der Waals surface area contributed by atoms with Gasteiger partial charge in [-0.1, -0.05) is 248 Å². The van der Waals surface area contributed by atoms with Crippen LogP contribution in [0.4, 0.5) is 0 Å². The van der Waals surface area contributed by atoms with E-state index >= 15 is 0 Å². The van der Waals surface area contributed by atoms with Crippen LogP contribution >= 0.6 is 7.82 Å². The molecule has 1 amide bonds. The van der Waals surface area contributed by atoms with Crippen molar-refractivity contribution in [1.29, 1.82) is 0 Å². The fourth-order valence-corrected chi connectivity index (χ4v) is 8.87. The Hall–Kier alpha value is -1.80. The Balaban J connectivity index is 3.83. The van der Waals surface area contributed by atoms with Crippen LogP contribution in [-0.2, 0) is 18.4 Å². The highest BCUT2D eigenvalue weighted by atomic mass is 31.2. The molecule has 0 radical (unpaired) electrons. The van der Waals surface area contributed by atoms with Crippen LogP contribution in [0, 0.1) is 0 Å². The first-order chi connectivity index (χ1) is 32.5. The van der Waals surface area contributed by atoms with E-state index < -0.39 is 20.0 Å². The van der Waals surface area contributed by atoms with E-state index in [9.17, 15) is 19.4 Å². The predicted molar refractivity (Wildman–Crippen MR) is 290 cm³/mol. The van der Waals surface area contributed by atoms with Gasteiger partial charge in [-0.05, 0) is 57.8 Å². The molecule has 0 bridgehead atoms. The number of aliphatic hydroxyl groups is 1. The minimum absolute atomic E-state index is 0.0748. The number of nitrogens with zero attached hydrogens (tertiary/aromatic N) is 1. The second-order valence-electron chi connectivity index (χ2n) is 20.3. The first-order valence-corrected chi connectivity index (χ1v) is 29.6. The van der Waals surface area contributed by atoms with Crippen LogP contribution in [0.2, 0.25) is 0 Å². The zero-order chi connectivity index (χ0) is 49.2. The van der Waals surface area contributed by atoms with Crippen molar-refractivity contribution < 1.29 is 32.9 Å². The molecular formula is C58H110N2O6P+. The van der Waals surface area contributed by atoms with Gasteiger partial charge in [0.25, 0.3) is 0 Å². The van der Waals surface area contributed by atoms with Crippen LogP contribution in [0.3, 0.4) is 0 Å². The van der Waals surface area contributed by atoms with Crippen molar-refractivity contribution in [3.63, 3.8) is 0 Å². The molecule has 0 spiro atoms. The number of likely N-dealkylation sites (N-methyl/N-ethyl adjacent to an activating group) is 1. The maximum Gasteiger partial charge on any atom is 0.472 e. The van der Waals surface area contributed by atoms with E-state index in [2.05, 4.69) is 79.9 Å². The number of phosphoric acid groups is 1. The SMILES string of the molecule is CC/C=C\C/C=C\C/C=C\C/C=C\C/C=C\CCCCCCCCCCCCCCCCCCCCCCCC(=O)NC(COP(=O)(O)OCC[N+](C)(C)C)C(O)CCCCCCCCCC. The number of quaternary nitrogens is 1. The summed E-state index contributed by atoms with van der Waals surface area (Å²) >= 11 is 0. The fourth-order valence-electron chi connectivity index (χ4n) is 8.13. The summed E-state index contributed by atoms with van der Waals surface area (Å²) in [5.74, 6) is -0.146. The van der Waals surface area contributed by atoms with Crippen molar-refractivity contribution in [1.82, 2.24) is 5.32 Å². The molecule has 0 aromatic rings. The average Bonchev–Trinajstić information content (AvgIpc) is 3.29. The molecular weight excluding hydrogens is 852 g/mol. The van der Waals surface area contributed by atoms with Gasteiger partial charge in [0.05, 0.1) is 39.9 Å². The molecule has 0 rings (SSSR count). The van der Waals surface area contributed by atoms with E-state index in [1.54, 1.807) is 0 Å². The first-order valence-electron chi connectivity index (χ1n) is 28.2. The van der Waals surface area contributed by atoms with E-state index in [1.807, 2.05) is 21.1 Å². The molecule has 0 aliphatic rings. The monoisotopic (exact) mass is 962 g/mol. The Labute approximate surface area is 415 Å². The van der Waals surface area contributed by atoms with Gasteiger partial charge in [0.15, 0.2) is 0 Å². The summed E-state index contributed by atoms with van der Waals surface area (Å²) in [6.07, 6.45) is 66.0. The molecule has 0 saturated carbocycles. The molecule has 8 nitrogen and oxygen atoms in total. The van der Waals surface area contributed by atoms with Gasteiger partial charge >= 0.3 is 7.82 Å². The Morgan fingerprint density at radius 1 is 0.522 bits per heavy atom. The topological polar surface area (TPSA) is 105 Å². The smallest absolute Gasteiger partial charge is 0.391 e. The van der Waals surface area contributed by atoms with E-state index in [-0.39, 0.29) is 19.1 Å². The molecule has 3 atom stereocenters. The summed E-state index contributed by atoms with van der Waals surface area (Å²) in [6.45, 7) is 4.75. The number of rotatable bonds is 51. The van der Waals surface area contributed by atoms with Crippen molar-refractivity contribution >= 4 is 13.7 Å². The quantitative estimate of drug-likeness (QED) is 0.0243. The van der Waals surface area contributed by atoms with E-state index in [1.165, 1.54) is 154 Å². The lowest BCUT2D eigenvalue weighted by molar-refractivity contribution is -0.870. The van der Waals surface area contributed by atoms with Crippen LogP contribution in [0.1, 0.15) is 251 Å². The van der Waals surface area contributed by atoms with Crippen molar-refractivity contribution in [3.8, 4) is 0 Å². The molecule has 3 N–H and O–H groups in total. The summed E-state index contributed by atoms with van der Waals surface area (Å²) < 4.78 is 23.6. The van der Waals surface area contributed by atoms with Gasteiger partial charge in [0.1, 0.15) is 13.2 Å². The molecule has 0 aromatic carbocycles. The number of nitrogens with one attached hydrogen (secondary N) is 1. The summed E-state index contributed by atoms with van der Waals surface area (Å²) in [7, 11) is 1.62. The highest BCUT2D eigenvalue weighted by molar-refractivity contribution is 7.47. The molecule has 0 saturated heterocycles. The minimum atomic E-state index is -4.31. The molecule has 67 heavy (non-hydrogen) atoms. The summed E-state index contributed by atoms with van der Waals surface area (Å²) in [4.78, 5) is 23.2. The molecule has 0 aliphatic carbocycles. The van der Waals surface area contributed by atoms with Gasteiger partial charge < -0.3 is 19.8 Å². The number of carbonyl (C=O) groups excluding carboxylic acids is 1. The van der Waals surface area contributed by atoms with Crippen molar-refractivity contribution in [2.24, 2.45) is 0 Å². The summed E-state index contributed by atoms with van der Waals surface area (Å²) in [6, 6.07) is -0.757. The molecule has 3 unspecified atom stereocenters. The third-order valence-corrected chi connectivity index (χ3v) is 13.5. The maximum absolute atomic E-state index is 12.9. The Morgan fingerprint density at radius 2 is 0.896 bits per heavy atom. The fraction of sp³-hybridized carbons (Fsp3) is 0.810. The molecule has 392 valence electrons. The van der Waals surface area contributed by atoms with Crippen LogP contribution in [0.25, 0.3) is 0 Å². The van der Waals surface area contributed by atoms with Gasteiger partial charge in [0.2, 0.25) is 5.91 Å². The predicted octanol–water partition coefficient (Wildman–Crippen LogP) is 16.9. The number of unbranched alkanes of at least 4 members (excludes halogenated alkanes) is 28. The largest absolute Gasteiger partial charge is 0.472 e. The van der Waals surface area contributed by atoms with Gasteiger partial charge in [-0.3, -0.25) is 13.8 Å². The van der Waals surface area contributed by atoms with Gasteiger partial charge in [0, 0.05) is 6.42 Å². The lowest BCUT2D eigenvalue weighted by Gasteiger charge is -2.26. The molecule has 0 heterocycles. The van der Waals surface area contributed by atoms with Gasteiger partial charge in [-0.25, -0.2) is 4.57 Å². The summed E-state index contributed by atoms with van der Waals surface area (Å²) in [5, 5.41) is 13.9. The minimum Gasteiger partial charge on any atom is -0.391 e. The van der Waals surface area contributed by atoms with Crippen LogP contribution in [-0.4, -0.2) is 73.4 Å². The number of phosphoric ester groups is 1. The molecule has 0 aromatic heterocycles. The summed E-state index contributed by atoms with van der Waals surface area (Å²) in [5.41, 5.74) is 0. The third-order valence-electron chi connectivity index (χ3n) is 12.5. The highest BCUT2D eigenvalue weighted by Crippen LogP contribution is 2.43. The van der Waals surface area contributed by atoms with Crippen LogP contribution in [0.5, 0.6) is 0 Å². The lowest BCUT2D eigenvalue weighted by Crippen LogP contribution is -2.46.